The van der Waals surface area contributed by atoms with Crippen LogP contribution in [0.4, 0.5) is 0 Å². The molecule has 0 bridgehead atoms. The van der Waals surface area contributed by atoms with Crippen LogP contribution in [0.25, 0.3) is 0 Å². The first-order valence-electron chi connectivity index (χ1n) is 7.27. The topological polar surface area (TPSA) is 9.23 Å². The zero-order valence-electron chi connectivity index (χ0n) is 11.5. The average Bonchev–Trinajstić information content (AvgIpc) is 2.42. The van der Waals surface area contributed by atoms with E-state index in [0.29, 0.717) is 11.4 Å². The van der Waals surface area contributed by atoms with Crippen molar-refractivity contribution in [2.75, 3.05) is 6.61 Å². The van der Waals surface area contributed by atoms with Gasteiger partial charge in [0.25, 0.3) is 0 Å². The maximum Gasteiger partial charge on any atom is 0.133 e. The minimum absolute atomic E-state index is 0.461. The van der Waals surface area contributed by atoms with Gasteiger partial charge < -0.3 is 4.74 Å². The molecule has 1 aliphatic carbocycles. The Kier molecular flexibility index (Phi) is 6.21. The molecule has 1 unspecified atom stereocenters. The van der Waals surface area contributed by atoms with Gasteiger partial charge in [-0.2, -0.15) is 0 Å². The van der Waals surface area contributed by atoms with E-state index in [-0.39, 0.29) is 0 Å². The summed E-state index contributed by atoms with van der Waals surface area (Å²) in [6.07, 6.45) is 8.31. The third kappa shape index (κ3) is 4.49. The van der Waals surface area contributed by atoms with Gasteiger partial charge in [-0.05, 0) is 52.9 Å². The van der Waals surface area contributed by atoms with E-state index < -0.39 is 0 Å². The summed E-state index contributed by atoms with van der Waals surface area (Å²) in [6, 6.07) is 6.43. The van der Waals surface area contributed by atoms with E-state index in [9.17, 15) is 0 Å². The first-order chi connectivity index (χ1) is 9.20. The highest BCUT2D eigenvalue weighted by Crippen LogP contribution is 2.38. The van der Waals surface area contributed by atoms with Crippen molar-refractivity contribution in [3.63, 3.8) is 0 Å². The number of halogens is 2. The summed E-state index contributed by atoms with van der Waals surface area (Å²) in [5.74, 6) is 1.83. The van der Waals surface area contributed by atoms with Crippen LogP contribution in [-0.2, 0) is 0 Å². The lowest BCUT2D eigenvalue weighted by Crippen LogP contribution is -2.08. The van der Waals surface area contributed by atoms with Crippen molar-refractivity contribution in [3.8, 4) is 5.75 Å². The molecule has 0 N–H and O–H groups in total. The van der Waals surface area contributed by atoms with Gasteiger partial charge >= 0.3 is 0 Å². The molecule has 1 atom stereocenters. The Balaban J connectivity index is 1.98. The van der Waals surface area contributed by atoms with Crippen LogP contribution in [0.2, 0.25) is 0 Å². The minimum atomic E-state index is 0.461. The molecule has 0 aliphatic heterocycles. The highest BCUT2D eigenvalue weighted by molar-refractivity contribution is 9.10. The number of hydrogen-bond acceptors (Lipinski definition) is 1. The van der Waals surface area contributed by atoms with Crippen LogP contribution in [0.1, 0.15) is 55.8 Å². The van der Waals surface area contributed by atoms with Crippen LogP contribution < -0.4 is 4.74 Å². The van der Waals surface area contributed by atoms with Crippen molar-refractivity contribution in [2.24, 2.45) is 5.92 Å². The second-order valence-corrected chi connectivity index (χ2v) is 7.29. The number of alkyl halides is 1. The molecule has 1 fully saturated rings. The molecule has 0 radical (unpaired) electrons. The molecule has 0 spiro atoms. The first-order valence-corrected chi connectivity index (χ1v) is 8.98. The molecular weight excluding hydrogens is 368 g/mol. The van der Waals surface area contributed by atoms with E-state index in [1.807, 2.05) is 6.92 Å². The number of ether oxygens (including phenoxy) is 1. The molecule has 3 heteroatoms. The Morgan fingerprint density at radius 3 is 2.63 bits per heavy atom. The van der Waals surface area contributed by atoms with Crippen LogP contribution in [-0.4, -0.2) is 6.61 Å². The Morgan fingerprint density at radius 2 is 2.00 bits per heavy atom. The maximum atomic E-state index is 5.56. The molecule has 1 nitrogen and oxygen atoms in total. The minimum Gasteiger partial charge on any atom is -0.493 e. The van der Waals surface area contributed by atoms with Gasteiger partial charge in [0, 0.05) is 4.83 Å². The first kappa shape index (κ1) is 15.4. The zero-order valence-corrected chi connectivity index (χ0v) is 14.7. The van der Waals surface area contributed by atoms with Crippen LogP contribution in [0.3, 0.4) is 0 Å². The summed E-state index contributed by atoms with van der Waals surface area (Å²) < 4.78 is 6.61. The summed E-state index contributed by atoms with van der Waals surface area (Å²) in [6.45, 7) is 2.72. The third-order valence-electron chi connectivity index (χ3n) is 3.88. The quantitative estimate of drug-likeness (QED) is 0.540. The van der Waals surface area contributed by atoms with Crippen LogP contribution in [0.15, 0.2) is 22.7 Å². The Bertz CT molecular complexity index is 400. The van der Waals surface area contributed by atoms with Gasteiger partial charge in [-0.1, -0.05) is 54.1 Å². The van der Waals surface area contributed by atoms with Crippen LogP contribution in [0.5, 0.6) is 5.75 Å². The zero-order chi connectivity index (χ0) is 13.7. The molecule has 2 rings (SSSR count). The van der Waals surface area contributed by atoms with Gasteiger partial charge in [0.05, 0.1) is 11.1 Å². The van der Waals surface area contributed by atoms with E-state index in [4.69, 9.17) is 4.74 Å². The predicted molar refractivity (Wildman–Crippen MR) is 88.2 cm³/mol. The average molecular weight is 390 g/mol. The molecule has 1 aromatic rings. The molecule has 1 saturated carbocycles. The van der Waals surface area contributed by atoms with Crippen molar-refractivity contribution >= 4 is 31.9 Å². The fourth-order valence-electron chi connectivity index (χ4n) is 2.84. The summed E-state index contributed by atoms with van der Waals surface area (Å²) in [4.78, 5) is 0.461. The van der Waals surface area contributed by atoms with Crippen LogP contribution >= 0.6 is 31.9 Å². The van der Waals surface area contributed by atoms with Gasteiger partial charge in [-0.3, -0.25) is 0 Å². The molecule has 1 aromatic carbocycles. The van der Waals surface area contributed by atoms with E-state index in [1.54, 1.807) is 0 Å². The van der Waals surface area contributed by atoms with Gasteiger partial charge in [0.15, 0.2) is 0 Å². The Labute approximate surface area is 133 Å². The van der Waals surface area contributed by atoms with E-state index in [1.165, 1.54) is 44.1 Å². The largest absolute Gasteiger partial charge is 0.493 e. The van der Waals surface area contributed by atoms with Crippen molar-refractivity contribution in [3.05, 3.63) is 28.2 Å². The summed E-state index contributed by atoms with van der Waals surface area (Å²) >= 11 is 7.45. The second-order valence-electron chi connectivity index (χ2n) is 5.33. The third-order valence-corrected chi connectivity index (χ3v) is 5.40. The monoisotopic (exact) mass is 388 g/mol. The predicted octanol–water partition coefficient (Wildman–Crippen LogP) is 6.25. The maximum absolute atomic E-state index is 5.56. The molecular formula is C16H22Br2O. The summed E-state index contributed by atoms with van der Waals surface area (Å²) in [5, 5.41) is 0. The lowest BCUT2D eigenvalue weighted by Gasteiger charge is -2.24. The fraction of sp³-hybridized carbons (Fsp3) is 0.625. The van der Waals surface area contributed by atoms with Crippen molar-refractivity contribution < 1.29 is 4.74 Å². The summed E-state index contributed by atoms with van der Waals surface area (Å²) in [7, 11) is 0. The lowest BCUT2D eigenvalue weighted by molar-refractivity contribution is 0.335. The number of rotatable bonds is 5. The van der Waals surface area contributed by atoms with E-state index in [0.717, 1.165) is 16.1 Å². The molecule has 0 saturated heterocycles. The van der Waals surface area contributed by atoms with Crippen molar-refractivity contribution in [1.82, 2.24) is 0 Å². The number of hydrogen-bond donors (Lipinski definition) is 0. The number of benzene rings is 1. The lowest BCUT2D eigenvalue weighted by atomic mass is 9.85. The highest BCUT2D eigenvalue weighted by Gasteiger charge is 2.19. The van der Waals surface area contributed by atoms with Gasteiger partial charge in [0.1, 0.15) is 5.75 Å². The van der Waals surface area contributed by atoms with Gasteiger partial charge in [-0.25, -0.2) is 0 Å². The Hall–Kier alpha value is -0.0200. The standard InChI is InChI=1S/C16H22Br2O/c1-2-19-16-9-8-13(11-15(16)18)14(17)10-12-6-4-3-5-7-12/h8-9,11-12,14H,2-7,10H2,1H3. The van der Waals surface area contributed by atoms with Gasteiger partial charge in [0.2, 0.25) is 0 Å². The molecule has 0 heterocycles. The fourth-order valence-corrected chi connectivity index (χ4v) is 4.16. The van der Waals surface area contributed by atoms with Crippen LogP contribution in [0, 0.1) is 5.92 Å². The SMILES string of the molecule is CCOc1ccc(C(Br)CC2CCCCC2)cc1Br. The van der Waals surface area contributed by atoms with Gasteiger partial charge in [-0.15, -0.1) is 0 Å². The Morgan fingerprint density at radius 1 is 1.26 bits per heavy atom. The molecule has 1 aliphatic rings. The highest BCUT2D eigenvalue weighted by atomic mass is 79.9. The van der Waals surface area contributed by atoms with E-state index in [2.05, 4.69) is 50.1 Å². The molecule has 0 aromatic heterocycles. The van der Waals surface area contributed by atoms with Crippen molar-refractivity contribution in [2.45, 2.75) is 50.3 Å². The summed E-state index contributed by atoms with van der Waals surface area (Å²) in [5.41, 5.74) is 1.35. The molecule has 0 amide bonds. The molecule has 19 heavy (non-hydrogen) atoms. The molecule has 106 valence electrons. The van der Waals surface area contributed by atoms with Crippen molar-refractivity contribution in [1.29, 1.82) is 0 Å². The van der Waals surface area contributed by atoms with E-state index >= 15 is 0 Å². The second kappa shape index (κ2) is 7.68. The normalized spacial score (nSPS) is 18.3. The smallest absolute Gasteiger partial charge is 0.133 e.